The Morgan fingerprint density at radius 2 is 1.93 bits per heavy atom. The highest BCUT2D eigenvalue weighted by Crippen LogP contribution is 2.39. The summed E-state index contributed by atoms with van der Waals surface area (Å²) >= 11 is 0. The molecule has 0 aromatic heterocycles. The maximum Gasteiger partial charge on any atom is 0.319 e. The molecule has 1 aliphatic rings. The van der Waals surface area contributed by atoms with Gasteiger partial charge in [0.25, 0.3) is 5.88 Å². The van der Waals surface area contributed by atoms with Crippen molar-refractivity contribution in [3.63, 3.8) is 0 Å². The molecule has 1 unspecified atom stereocenters. The number of ether oxygens (including phenoxy) is 2. The van der Waals surface area contributed by atoms with Crippen LogP contribution in [-0.4, -0.2) is 71.3 Å². The number of hydrogen-bond donors (Lipinski definition) is 7. The fourth-order valence-corrected chi connectivity index (χ4v) is 3.55. The molecule has 10 N–H and O–H groups in total. The summed E-state index contributed by atoms with van der Waals surface area (Å²) in [5, 5.41) is 28.0. The number of benzene rings is 2. The van der Waals surface area contributed by atoms with E-state index in [0.717, 1.165) is 0 Å². The molecular formula is C25H30F2N8O5. The van der Waals surface area contributed by atoms with Crippen molar-refractivity contribution in [2.24, 2.45) is 22.2 Å². The van der Waals surface area contributed by atoms with Gasteiger partial charge in [-0.2, -0.15) is 0 Å². The van der Waals surface area contributed by atoms with Crippen LogP contribution in [0.15, 0.2) is 70.6 Å². The Labute approximate surface area is 228 Å². The SMILES string of the molecule is CN(C)CCC1=C(F)C(Oc2cc(C(=N)N)ccc2O)N(NCC(=O)O)C(Oc2cccc(N=C(N)N)c2)=C1F. The Morgan fingerprint density at radius 3 is 2.55 bits per heavy atom. The van der Waals surface area contributed by atoms with Crippen molar-refractivity contribution in [2.75, 3.05) is 27.2 Å². The van der Waals surface area contributed by atoms with Gasteiger partial charge in [-0.1, -0.05) is 6.07 Å². The number of rotatable bonds is 12. The van der Waals surface area contributed by atoms with E-state index in [1.165, 1.54) is 36.4 Å². The molecule has 1 atom stereocenters. The van der Waals surface area contributed by atoms with Gasteiger partial charge in [0.2, 0.25) is 6.23 Å². The quantitative estimate of drug-likeness (QED) is 0.146. The van der Waals surface area contributed by atoms with Crippen LogP contribution < -0.4 is 32.1 Å². The van der Waals surface area contributed by atoms with Crippen molar-refractivity contribution in [3.05, 3.63) is 71.1 Å². The molecule has 0 aliphatic carbocycles. The van der Waals surface area contributed by atoms with Gasteiger partial charge in [-0.15, -0.1) is 0 Å². The van der Waals surface area contributed by atoms with Gasteiger partial charge < -0.3 is 41.8 Å². The molecule has 15 heteroatoms. The number of amidine groups is 1. The number of hydrogen-bond acceptors (Lipinski definition) is 9. The van der Waals surface area contributed by atoms with E-state index in [0.29, 0.717) is 5.01 Å². The molecule has 214 valence electrons. The number of phenolic OH excluding ortho intramolecular Hbond substituents is 1. The topological polar surface area (TPSA) is 209 Å². The number of nitrogens with two attached hydrogens (primary N) is 3. The zero-order valence-corrected chi connectivity index (χ0v) is 21.7. The first-order valence-electron chi connectivity index (χ1n) is 11.8. The fourth-order valence-electron chi connectivity index (χ4n) is 3.55. The van der Waals surface area contributed by atoms with Crippen LogP contribution >= 0.6 is 0 Å². The normalized spacial score (nSPS) is 15.3. The average molecular weight is 561 g/mol. The molecule has 0 bridgehead atoms. The van der Waals surface area contributed by atoms with E-state index in [2.05, 4.69) is 10.4 Å². The molecule has 40 heavy (non-hydrogen) atoms. The van der Waals surface area contributed by atoms with Crippen molar-refractivity contribution in [1.82, 2.24) is 15.3 Å². The van der Waals surface area contributed by atoms with Crippen molar-refractivity contribution in [2.45, 2.75) is 12.6 Å². The summed E-state index contributed by atoms with van der Waals surface area (Å²) in [7, 11) is 3.44. The summed E-state index contributed by atoms with van der Waals surface area (Å²) in [6.07, 6.45) is -1.96. The molecule has 0 saturated carbocycles. The lowest BCUT2D eigenvalue weighted by Crippen LogP contribution is -2.53. The van der Waals surface area contributed by atoms with Gasteiger partial charge in [0.1, 0.15) is 18.1 Å². The van der Waals surface area contributed by atoms with Crippen molar-refractivity contribution >= 4 is 23.5 Å². The van der Waals surface area contributed by atoms with Gasteiger partial charge in [0.15, 0.2) is 29.1 Å². The van der Waals surface area contributed by atoms with Crippen LogP contribution in [0.5, 0.6) is 17.2 Å². The van der Waals surface area contributed by atoms with Crippen LogP contribution in [0.1, 0.15) is 12.0 Å². The highest BCUT2D eigenvalue weighted by molar-refractivity contribution is 5.95. The lowest BCUT2D eigenvalue weighted by atomic mass is 10.1. The lowest BCUT2D eigenvalue weighted by Gasteiger charge is -2.37. The minimum atomic E-state index is -1.85. The number of aromatic hydroxyl groups is 1. The standard InChI is InChI=1S/C25H30F2N8O5/c1-34(2)9-8-16-20(26)23(39-15-5-3-4-14(11-15)33-25(30)31)35(32-12-19(37)38)24(21(16)27)40-18-10-13(22(28)29)6-7-17(18)36/h3-7,10-11,24,32,36H,8-9,12H2,1-2H3,(H3,28,29)(H,37,38)(H4,30,31,33). The largest absolute Gasteiger partial charge is 0.504 e. The Hall–Kier alpha value is -4.89. The van der Waals surface area contributed by atoms with Crippen molar-refractivity contribution in [1.29, 1.82) is 5.41 Å². The maximum atomic E-state index is 16.0. The van der Waals surface area contributed by atoms with E-state index in [1.54, 1.807) is 25.1 Å². The number of phenols is 1. The predicted octanol–water partition coefficient (Wildman–Crippen LogP) is 1.58. The smallest absolute Gasteiger partial charge is 0.319 e. The minimum absolute atomic E-state index is 0.0317. The Morgan fingerprint density at radius 1 is 1.20 bits per heavy atom. The number of hydrazine groups is 1. The molecule has 0 spiro atoms. The van der Waals surface area contributed by atoms with Gasteiger partial charge in [-0.05, 0) is 50.8 Å². The zero-order chi connectivity index (χ0) is 29.6. The number of aliphatic carboxylic acids is 1. The van der Waals surface area contributed by atoms with Crippen molar-refractivity contribution in [3.8, 4) is 17.2 Å². The fraction of sp³-hybridized carbons (Fsp3) is 0.240. The number of allylic oxidation sites excluding steroid dienone is 1. The number of halogens is 2. The summed E-state index contributed by atoms with van der Waals surface area (Å²) in [5.41, 5.74) is 18.8. The third-order valence-corrected chi connectivity index (χ3v) is 5.42. The predicted molar refractivity (Wildman–Crippen MR) is 143 cm³/mol. The molecule has 0 saturated heterocycles. The molecule has 1 aliphatic heterocycles. The maximum absolute atomic E-state index is 16.0. The number of nitrogen functional groups attached to an aromatic ring is 1. The first kappa shape index (κ1) is 29.7. The number of aliphatic imine (C=N–C) groups is 1. The van der Waals surface area contributed by atoms with Gasteiger partial charge in [0.05, 0.1) is 5.69 Å². The van der Waals surface area contributed by atoms with Crippen LogP contribution in [0.4, 0.5) is 14.5 Å². The first-order valence-corrected chi connectivity index (χ1v) is 11.8. The Balaban J connectivity index is 2.14. The van der Waals surface area contributed by atoms with Crippen LogP contribution in [0.2, 0.25) is 0 Å². The van der Waals surface area contributed by atoms with Gasteiger partial charge in [0, 0.05) is 23.7 Å². The highest BCUT2D eigenvalue weighted by Gasteiger charge is 2.40. The second kappa shape index (κ2) is 12.8. The summed E-state index contributed by atoms with van der Waals surface area (Å²) in [4.78, 5) is 17.0. The second-order valence-electron chi connectivity index (χ2n) is 8.80. The average Bonchev–Trinajstić information content (AvgIpc) is 2.86. The molecule has 2 aromatic rings. The second-order valence-corrected chi connectivity index (χ2v) is 8.80. The van der Waals surface area contributed by atoms with Crippen LogP contribution in [0, 0.1) is 5.41 Å². The van der Waals surface area contributed by atoms with Gasteiger partial charge in [-0.3, -0.25) is 10.2 Å². The summed E-state index contributed by atoms with van der Waals surface area (Å²) in [6, 6.07) is 9.62. The number of nitrogens with zero attached hydrogens (tertiary/aromatic N) is 3. The molecule has 2 aromatic carbocycles. The third-order valence-electron chi connectivity index (χ3n) is 5.42. The summed E-state index contributed by atoms with van der Waals surface area (Å²) in [5.74, 6) is -5.49. The number of guanidine groups is 1. The number of carboxylic acid groups (broad SMARTS) is 1. The van der Waals surface area contributed by atoms with Crippen LogP contribution in [-0.2, 0) is 4.79 Å². The summed E-state index contributed by atoms with van der Waals surface area (Å²) in [6.45, 7) is -0.544. The third kappa shape index (κ3) is 7.36. The Bertz CT molecular complexity index is 1370. The lowest BCUT2D eigenvalue weighted by molar-refractivity contribution is -0.138. The van der Waals surface area contributed by atoms with E-state index in [-0.39, 0.29) is 47.5 Å². The number of carbonyl (C=O) groups is 1. The van der Waals surface area contributed by atoms with Gasteiger partial charge in [-0.25, -0.2) is 24.2 Å². The van der Waals surface area contributed by atoms with E-state index in [1.807, 2.05) is 0 Å². The first-order chi connectivity index (χ1) is 18.9. The van der Waals surface area contributed by atoms with Crippen molar-refractivity contribution < 1.29 is 33.3 Å². The minimum Gasteiger partial charge on any atom is -0.504 e. The molecule has 1 heterocycles. The Kier molecular flexibility index (Phi) is 9.47. The van der Waals surface area contributed by atoms with Crippen LogP contribution in [0.3, 0.4) is 0 Å². The van der Waals surface area contributed by atoms with Gasteiger partial charge >= 0.3 is 5.97 Å². The molecule has 0 radical (unpaired) electrons. The zero-order valence-electron chi connectivity index (χ0n) is 21.7. The number of carboxylic acids is 1. The molecule has 13 nitrogen and oxygen atoms in total. The van der Waals surface area contributed by atoms with E-state index in [9.17, 15) is 15.0 Å². The summed E-state index contributed by atoms with van der Waals surface area (Å²) < 4.78 is 43.4. The molecule has 3 rings (SSSR count). The van der Waals surface area contributed by atoms with Crippen LogP contribution in [0.25, 0.3) is 0 Å². The molecule has 0 amide bonds. The highest BCUT2D eigenvalue weighted by atomic mass is 19.1. The van der Waals surface area contributed by atoms with E-state index >= 15 is 8.78 Å². The monoisotopic (exact) mass is 560 g/mol. The van der Waals surface area contributed by atoms with E-state index in [4.69, 9.17) is 32.1 Å². The molecular weight excluding hydrogens is 530 g/mol. The van der Waals surface area contributed by atoms with E-state index < -0.39 is 47.6 Å². The molecule has 0 fully saturated rings. The number of nitrogens with one attached hydrogen (secondary N) is 2.